The Morgan fingerprint density at radius 3 is 2.73 bits per heavy atom. The molecule has 0 bridgehead atoms. The minimum atomic E-state index is 0.0810. The lowest BCUT2D eigenvalue weighted by atomic mass is 10.4. The fourth-order valence-corrected chi connectivity index (χ4v) is 1.58. The number of aliphatic hydroxyl groups is 1. The first-order valence-electron chi connectivity index (χ1n) is 3.45. The van der Waals surface area contributed by atoms with Gasteiger partial charge in [-0.2, -0.15) is 0 Å². The maximum atomic E-state index is 8.49. The molecule has 0 amide bonds. The molecule has 1 rings (SSSR count). The van der Waals surface area contributed by atoms with Crippen molar-refractivity contribution in [2.75, 3.05) is 6.61 Å². The molecule has 11 heavy (non-hydrogen) atoms. The molecule has 1 aromatic heterocycles. The maximum absolute atomic E-state index is 8.49. The van der Waals surface area contributed by atoms with Crippen LogP contribution in [-0.4, -0.2) is 16.7 Å². The van der Waals surface area contributed by atoms with Gasteiger partial charge in [0.1, 0.15) is 5.01 Å². The van der Waals surface area contributed by atoms with Gasteiger partial charge in [0, 0.05) is 4.88 Å². The molecule has 0 aliphatic rings. The Morgan fingerprint density at radius 2 is 2.27 bits per heavy atom. The van der Waals surface area contributed by atoms with Crippen molar-refractivity contribution in [2.45, 2.75) is 13.8 Å². The summed E-state index contributed by atoms with van der Waals surface area (Å²) in [5.41, 5.74) is 1.08. The molecule has 0 aliphatic carbocycles. The summed E-state index contributed by atoms with van der Waals surface area (Å²) in [7, 11) is 0. The van der Waals surface area contributed by atoms with Gasteiger partial charge in [0.25, 0.3) is 0 Å². The fraction of sp³-hybridized carbons (Fsp3) is 0.375. The highest BCUT2D eigenvalue weighted by Gasteiger charge is 1.98. The summed E-state index contributed by atoms with van der Waals surface area (Å²) in [4.78, 5) is 5.51. The van der Waals surface area contributed by atoms with Crippen LogP contribution in [0, 0.1) is 13.8 Å². The molecule has 0 saturated carbocycles. The molecule has 60 valence electrons. The average Bonchev–Trinajstić information content (AvgIpc) is 2.28. The van der Waals surface area contributed by atoms with E-state index in [0.29, 0.717) is 0 Å². The fourth-order valence-electron chi connectivity index (χ4n) is 0.722. The summed E-state index contributed by atoms with van der Waals surface area (Å²) < 4.78 is 0. The second-order valence-corrected chi connectivity index (χ2v) is 3.51. The van der Waals surface area contributed by atoms with Crippen LogP contribution in [0.4, 0.5) is 0 Å². The van der Waals surface area contributed by atoms with E-state index in [-0.39, 0.29) is 6.61 Å². The molecular formula is C8H11NOS. The van der Waals surface area contributed by atoms with Crippen LogP contribution in [0.2, 0.25) is 0 Å². The number of rotatable bonds is 2. The van der Waals surface area contributed by atoms with Gasteiger partial charge in [0.2, 0.25) is 0 Å². The highest BCUT2D eigenvalue weighted by molar-refractivity contribution is 7.12. The zero-order chi connectivity index (χ0) is 8.27. The number of thiazole rings is 1. The van der Waals surface area contributed by atoms with Gasteiger partial charge in [-0.25, -0.2) is 4.98 Å². The van der Waals surface area contributed by atoms with Crippen LogP contribution in [0.1, 0.15) is 15.6 Å². The van der Waals surface area contributed by atoms with Crippen molar-refractivity contribution in [3.63, 3.8) is 0 Å². The minimum Gasteiger partial charge on any atom is -0.392 e. The maximum Gasteiger partial charge on any atom is 0.116 e. The molecule has 0 atom stereocenters. The number of nitrogens with zero attached hydrogens (tertiary/aromatic N) is 1. The van der Waals surface area contributed by atoms with Crippen LogP contribution in [-0.2, 0) is 0 Å². The molecule has 0 aromatic carbocycles. The predicted molar refractivity (Wildman–Crippen MR) is 47.7 cm³/mol. The van der Waals surface area contributed by atoms with Crippen molar-refractivity contribution in [3.8, 4) is 0 Å². The first kappa shape index (κ1) is 8.43. The van der Waals surface area contributed by atoms with Gasteiger partial charge in [-0.1, -0.05) is 6.08 Å². The first-order chi connectivity index (χ1) is 5.24. The van der Waals surface area contributed by atoms with E-state index in [2.05, 4.69) is 4.98 Å². The topological polar surface area (TPSA) is 33.1 Å². The highest BCUT2D eigenvalue weighted by Crippen LogP contribution is 2.17. The second kappa shape index (κ2) is 3.64. The van der Waals surface area contributed by atoms with E-state index in [1.807, 2.05) is 19.9 Å². The van der Waals surface area contributed by atoms with Gasteiger partial charge in [0.05, 0.1) is 12.3 Å². The van der Waals surface area contributed by atoms with Crippen LogP contribution in [0.15, 0.2) is 6.08 Å². The molecule has 0 saturated heterocycles. The van der Waals surface area contributed by atoms with Gasteiger partial charge in [-0.05, 0) is 19.9 Å². The van der Waals surface area contributed by atoms with Crippen LogP contribution in [0.3, 0.4) is 0 Å². The third kappa shape index (κ3) is 2.13. The number of aryl methyl sites for hydroxylation is 2. The Morgan fingerprint density at radius 1 is 1.55 bits per heavy atom. The molecule has 0 radical (unpaired) electrons. The Labute approximate surface area is 70.2 Å². The van der Waals surface area contributed by atoms with Crippen LogP contribution in [0.5, 0.6) is 0 Å². The van der Waals surface area contributed by atoms with Gasteiger partial charge in [-0.3, -0.25) is 0 Å². The summed E-state index contributed by atoms with van der Waals surface area (Å²) in [6, 6.07) is 0. The number of hydrogen-bond donors (Lipinski definition) is 1. The molecule has 2 nitrogen and oxygen atoms in total. The summed E-state index contributed by atoms with van der Waals surface area (Å²) in [5.74, 6) is 0. The van der Waals surface area contributed by atoms with Crippen molar-refractivity contribution in [1.29, 1.82) is 0 Å². The van der Waals surface area contributed by atoms with Crippen molar-refractivity contribution in [2.24, 2.45) is 0 Å². The zero-order valence-corrected chi connectivity index (χ0v) is 7.48. The van der Waals surface area contributed by atoms with E-state index in [0.717, 1.165) is 10.7 Å². The van der Waals surface area contributed by atoms with E-state index in [4.69, 9.17) is 5.11 Å². The number of aliphatic hydroxyl groups excluding tert-OH is 1. The van der Waals surface area contributed by atoms with Crippen LogP contribution < -0.4 is 0 Å². The standard InChI is InChI=1S/C8H11NOS/c1-6-7(2)11-8(9-6)4-3-5-10/h3-4,10H,5H2,1-2H3. The molecule has 1 heterocycles. The monoisotopic (exact) mass is 169 g/mol. The molecule has 1 aromatic rings. The normalized spacial score (nSPS) is 11.2. The van der Waals surface area contributed by atoms with E-state index >= 15 is 0 Å². The number of hydrogen-bond acceptors (Lipinski definition) is 3. The first-order valence-corrected chi connectivity index (χ1v) is 4.27. The Kier molecular flexibility index (Phi) is 2.79. The smallest absolute Gasteiger partial charge is 0.116 e. The molecule has 0 aliphatic heterocycles. The van der Waals surface area contributed by atoms with Gasteiger partial charge < -0.3 is 5.11 Å². The van der Waals surface area contributed by atoms with Crippen molar-refractivity contribution >= 4 is 17.4 Å². The average molecular weight is 169 g/mol. The predicted octanol–water partition coefficient (Wildman–Crippen LogP) is 1.77. The Balaban J connectivity index is 2.80. The quantitative estimate of drug-likeness (QED) is 0.732. The van der Waals surface area contributed by atoms with Gasteiger partial charge >= 0.3 is 0 Å². The van der Waals surface area contributed by atoms with Gasteiger partial charge in [0.15, 0.2) is 0 Å². The summed E-state index contributed by atoms with van der Waals surface area (Å²) in [5, 5.41) is 9.46. The van der Waals surface area contributed by atoms with E-state index in [9.17, 15) is 0 Å². The third-order valence-corrected chi connectivity index (χ3v) is 2.45. The van der Waals surface area contributed by atoms with E-state index < -0.39 is 0 Å². The minimum absolute atomic E-state index is 0.0810. The zero-order valence-electron chi connectivity index (χ0n) is 6.66. The molecule has 0 fully saturated rings. The summed E-state index contributed by atoms with van der Waals surface area (Å²) >= 11 is 1.65. The SMILES string of the molecule is Cc1nc(C=CCO)sc1C. The van der Waals surface area contributed by atoms with E-state index in [1.165, 1.54) is 4.88 Å². The van der Waals surface area contributed by atoms with Crippen LogP contribution in [0.25, 0.3) is 6.08 Å². The van der Waals surface area contributed by atoms with Crippen LogP contribution >= 0.6 is 11.3 Å². The molecule has 3 heteroatoms. The molecule has 0 spiro atoms. The van der Waals surface area contributed by atoms with E-state index in [1.54, 1.807) is 17.4 Å². The largest absolute Gasteiger partial charge is 0.392 e. The van der Waals surface area contributed by atoms with Gasteiger partial charge in [-0.15, -0.1) is 11.3 Å². The summed E-state index contributed by atoms with van der Waals surface area (Å²) in [6.45, 7) is 4.11. The molecular weight excluding hydrogens is 158 g/mol. The highest BCUT2D eigenvalue weighted by atomic mass is 32.1. The second-order valence-electron chi connectivity index (χ2n) is 2.28. The molecule has 0 unspecified atom stereocenters. The third-order valence-electron chi connectivity index (χ3n) is 1.41. The Hall–Kier alpha value is -0.670. The van der Waals surface area contributed by atoms with Crippen molar-refractivity contribution in [3.05, 3.63) is 21.7 Å². The summed E-state index contributed by atoms with van der Waals surface area (Å²) in [6.07, 6.45) is 3.53. The lowest BCUT2D eigenvalue weighted by Crippen LogP contribution is -1.74. The van der Waals surface area contributed by atoms with Crippen molar-refractivity contribution in [1.82, 2.24) is 4.98 Å². The number of aromatic nitrogens is 1. The lowest BCUT2D eigenvalue weighted by Gasteiger charge is -1.79. The molecule has 1 N–H and O–H groups in total. The van der Waals surface area contributed by atoms with Crippen molar-refractivity contribution < 1.29 is 5.11 Å². The lowest BCUT2D eigenvalue weighted by molar-refractivity contribution is 0.343. The Bertz CT molecular complexity index is 246.